The lowest BCUT2D eigenvalue weighted by molar-refractivity contribution is 0.0694. The highest BCUT2D eigenvalue weighted by Crippen LogP contribution is 2.42. The lowest BCUT2D eigenvalue weighted by Gasteiger charge is -2.36. The largest absolute Gasteiger partial charge is 0.487 e. The maximum absolute atomic E-state index is 15.6. The summed E-state index contributed by atoms with van der Waals surface area (Å²) in [4.78, 5) is 35.4. The van der Waals surface area contributed by atoms with Gasteiger partial charge in [0.05, 0.1) is 46.2 Å². The number of benzene rings is 1. The molecule has 2 aliphatic rings. The Kier molecular flexibility index (Phi) is 2.36. The Morgan fingerprint density at radius 1 is 1.41 bits per heavy atom. The van der Waals surface area contributed by atoms with Gasteiger partial charge in [0.25, 0.3) is 0 Å². The van der Waals surface area contributed by atoms with Crippen molar-refractivity contribution >= 4 is 22.6 Å². The Labute approximate surface area is 163 Å². The van der Waals surface area contributed by atoms with Crippen molar-refractivity contribution in [2.45, 2.75) is 13.0 Å². The summed E-state index contributed by atoms with van der Waals surface area (Å²) in [5.41, 5.74) is -3.07. The molecule has 1 atom stereocenters. The summed E-state index contributed by atoms with van der Waals surface area (Å²) in [7, 11) is 0. The molecule has 0 radical (unpaired) electrons. The van der Waals surface area contributed by atoms with E-state index in [1.165, 1.54) is 4.57 Å². The summed E-state index contributed by atoms with van der Waals surface area (Å²) in [6.45, 7) is -13.2. The number of carboxylic acids is 1. The van der Waals surface area contributed by atoms with Gasteiger partial charge < -0.3 is 19.3 Å². The zero-order chi connectivity index (χ0) is 26.5. The molecule has 1 aromatic carbocycles. The van der Waals surface area contributed by atoms with Crippen LogP contribution in [0.15, 0.2) is 22.3 Å². The standard InChI is InChI=1S/C17H17FN4O5/c1-9-8-27-16-13-10(15(23)11(17(24)25)7-22(9)13)6-12(18)14(16)20-2-4-21(19-26)5-3-20/h6-7,9H,2-5,8H2,1H3,(H,24,25)/t9-/m0/s1/i2D2,3D2,4D2,5D2. The number of hydrogen-bond donors (Lipinski definition) is 1. The third-order valence-electron chi connectivity index (χ3n) is 4.21. The maximum atomic E-state index is 15.6. The molecule has 1 N–H and O–H groups in total. The molecule has 0 saturated carbocycles. The van der Waals surface area contributed by atoms with Crippen LogP contribution in [0.2, 0.25) is 0 Å². The Bertz CT molecular complexity index is 1320. The molecule has 10 heteroatoms. The van der Waals surface area contributed by atoms with E-state index in [2.05, 4.69) is 5.29 Å². The second-order valence-corrected chi connectivity index (χ2v) is 5.85. The number of aromatic carboxylic acids is 1. The molecule has 27 heavy (non-hydrogen) atoms. The van der Waals surface area contributed by atoms with Crippen LogP contribution in [0.5, 0.6) is 5.75 Å². The third kappa shape index (κ3) is 2.59. The number of pyridine rings is 1. The van der Waals surface area contributed by atoms with Gasteiger partial charge in [-0.25, -0.2) is 9.18 Å². The van der Waals surface area contributed by atoms with Crippen LogP contribution in [0, 0.1) is 10.7 Å². The van der Waals surface area contributed by atoms with E-state index >= 15 is 4.39 Å². The number of anilines is 1. The number of aromatic nitrogens is 1. The molecule has 142 valence electrons. The molecular weight excluding hydrogens is 359 g/mol. The molecule has 1 fully saturated rings. The zero-order valence-electron chi connectivity index (χ0n) is 21.7. The van der Waals surface area contributed by atoms with E-state index in [9.17, 15) is 19.6 Å². The second-order valence-electron chi connectivity index (χ2n) is 5.85. The van der Waals surface area contributed by atoms with Gasteiger partial charge in [-0.05, 0) is 13.0 Å². The predicted octanol–water partition coefficient (Wildman–Crippen LogP) is 1.60. The molecular formula is C17H17FN4O5. The van der Waals surface area contributed by atoms with Crippen LogP contribution in [0.4, 0.5) is 10.1 Å². The molecule has 0 bridgehead atoms. The molecule has 4 rings (SSSR count). The van der Waals surface area contributed by atoms with Crippen molar-refractivity contribution in [3.63, 3.8) is 0 Å². The quantitative estimate of drug-likeness (QED) is 0.802. The molecule has 1 saturated heterocycles. The van der Waals surface area contributed by atoms with Crippen molar-refractivity contribution in [1.29, 1.82) is 0 Å². The van der Waals surface area contributed by atoms with Crippen LogP contribution >= 0.6 is 0 Å². The summed E-state index contributed by atoms with van der Waals surface area (Å²) in [6, 6.07) is -0.0767. The number of nitrogens with zero attached hydrogens (tertiary/aromatic N) is 4. The highest BCUT2D eigenvalue weighted by Gasteiger charge is 2.31. The number of carboxylic acid groups (broad SMARTS) is 1. The van der Waals surface area contributed by atoms with Crippen molar-refractivity contribution in [1.82, 2.24) is 9.58 Å². The van der Waals surface area contributed by atoms with Gasteiger partial charge in [0.15, 0.2) is 11.6 Å². The van der Waals surface area contributed by atoms with Crippen molar-refractivity contribution in [2.75, 3.05) is 37.5 Å². The predicted molar refractivity (Wildman–Crippen MR) is 94.9 cm³/mol. The van der Waals surface area contributed by atoms with Gasteiger partial charge >= 0.3 is 5.97 Å². The van der Waals surface area contributed by atoms with Crippen LogP contribution in [0.25, 0.3) is 10.9 Å². The average molecular weight is 384 g/mol. The van der Waals surface area contributed by atoms with E-state index in [1.54, 1.807) is 6.92 Å². The van der Waals surface area contributed by atoms with E-state index in [-0.39, 0.29) is 17.0 Å². The maximum Gasteiger partial charge on any atom is 0.341 e. The summed E-state index contributed by atoms with van der Waals surface area (Å²) < 4.78 is 87.8. The molecule has 0 aliphatic carbocycles. The minimum atomic E-state index is -3.63. The van der Waals surface area contributed by atoms with Gasteiger partial charge in [-0.15, -0.1) is 4.91 Å². The normalized spacial score (nSPS) is 31.0. The molecule has 3 heterocycles. The smallest absolute Gasteiger partial charge is 0.341 e. The first kappa shape index (κ1) is 10.2. The first-order valence-corrected chi connectivity index (χ1v) is 7.66. The van der Waals surface area contributed by atoms with Gasteiger partial charge in [-0.1, -0.05) is 0 Å². The number of ether oxygens (including phenoxy) is 1. The van der Waals surface area contributed by atoms with Crippen LogP contribution in [-0.4, -0.2) is 53.2 Å². The fourth-order valence-electron chi connectivity index (χ4n) is 2.98. The number of rotatable bonds is 3. The number of piperazine rings is 1. The van der Waals surface area contributed by atoms with E-state index in [0.717, 1.165) is 6.20 Å². The fourth-order valence-corrected chi connectivity index (χ4v) is 2.98. The summed E-state index contributed by atoms with van der Waals surface area (Å²) >= 11 is 0. The van der Waals surface area contributed by atoms with Crippen LogP contribution in [0.3, 0.4) is 0 Å². The Morgan fingerprint density at radius 3 is 2.74 bits per heavy atom. The van der Waals surface area contributed by atoms with Gasteiger partial charge in [-0.3, -0.25) is 9.80 Å². The summed E-state index contributed by atoms with van der Waals surface area (Å²) in [5, 5.41) is 10.5. The van der Waals surface area contributed by atoms with Crippen molar-refractivity contribution in [2.24, 2.45) is 5.29 Å². The zero-order valence-corrected chi connectivity index (χ0v) is 13.7. The molecule has 2 aliphatic heterocycles. The fraction of sp³-hybridized carbons (Fsp3) is 0.412. The van der Waals surface area contributed by atoms with E-state index in [1.807, 2.05) is 0 Å². The van der Waals surface area contributed by atoms with Crippen LogP contribution < -0.4 is 15.1 Å². The Morgan fingerprint density at radius 2 is 2.11 bits per heavy atom. The number of halogens is 1. The average Bonchev–Trinajstić information content (AvgIpc) is 2.72. The third-order valence-corrected chi connectivity index (χ3v) is 4.21. The number of hydrogen-bond acceptors (Lipinski definition) is 6. The van der Waals surface area contributed by atoms with E-state index < -0.39 is 76.6 Å². The Hall–Kier alpha value is -3.17. The Balaban J connectivity index is 2.16. The minimum absolute atomic E-state index is 0.151. The van der Waals surface area contributed by atoms with Crippen molar-refractivity contribution < 1.29 is 30.0 Å². The SMILES string of the molecule is [2H]C1([2H])N(N=O)C([2H])([2H])C([2H])([2H])N(c2c(F)cc3c(=O)c(C(=O)O)cn4c3c2OC[C@@H]4C)C1([2H])[2H]. The lowest BCUT2D eigenvalue weighted by Crippen LogP contribution is -2.44. The van der Waals surface area contributed by atoms with Gasteiger partial charge in [0.2, 0.25) is 5.43 Å². The van der Waals surface area contributed by atoms with E-state index in [0.29, 0.717) is 6.07 Å². The van der Waals surface area contributed by atoms with Gasteiger partial charge in [0.1, 0.15) is 17.9 Å². The summed E-state index contributed by atoms with van der Waals surface area (Å²) in [5.74, 6) is -3.73. The van der Waals surface area contributed by atoms with Gasteiger partial charge in [0, 0.05) is 19.2 Å². The lowest BCUT2D eigenvalue weighted by atomic mass is 10.1. The minimum Gasteiger partial charge on any atom is -0.487 e. The van der Waals surface area contributed by atoms with Crippen molar-refractivity contribution in [3.8, 4) is 5.75 Å². The van der Waals surface area contributed by atoms with Crippen molar-refractivity contribution in [3.05, 3.63) is 38.8 Å². The van der Waals surface area contributed by atoms with E-state index in [4.69, 9.17) is 15.7 Å². The monoisotopic (exact) mass is 384 g/mol. The first-order chi connectivity index (χ1) is 15.9. The molecule has 0 amide bonds. The second kappa shape index (κ2) is 6.22. The molecule has 9 nitrogen and oxygen atoms in total. The first-order valence-electron chi connectivity index (χ1n) is 11.7. The summed E-state index contributed by atoms with van der Waals surface area (Å²) in [6.07, 6.45) is 0.974. The molecule has 2 aromatic rings. The highest BCUT2D eigenvalue weighted by molar-refractivity contribution is 5.97. The highest BCUT2D eigenvalue weighted by atomic mass is 19.1. The molecule has 1 aromatic heterocycles. The molecule has 0 spiro atoms. The topological polar surface area (TPSA) is 104 Å². The number of nitroso groups, excluding NO2 is 1. The molecule has 0 unspecified atom stereocenters. The van der Waals surface area contributed by atoms with Crippen LogP contribution in [0.1, 0.15) is 34.3 Å². The van der Waals surface area contributed by atoms with Crippen LogP contribution in [-0.2, 0) is 0 Å². The van der Waals surface area contributed by atoms with Gasteiger partial charge in [-0.2, -0.15) is 0 Å². The number of carbonyl (C=O) groups is 1.